The molecule has 0 saturated heterocycles. The molecule has 19 heavy (non-hydrogen) atoms. The van der Waals surface area contributed by atoms with Crippen molar-refractivity contribution in [3.8, 4) is 0 Å². The first-order chi connectivity index (χ1) is 8.85. The van der Waals surface area contributed by atoms with Crippen LogP contribution in [0.5, 0.6) is 0 Å². The van der Waals surface area contributed by atoms with Gasteiger partial charge in [-0.15, -0.1) is 0 Å². The van der Waals surface area contributed by atoms with Crippen LogP contribution in [-0.4, -0.2) is 0 Å². The van der Waals surface area contributed by atoms with Crippen LogP contribution in [0, 0.1) is 35.0 Å². The van der Waals surface area contributed by atoms with Crippen LogP contribution >= 0.6 is 0 Å². The van der Waals surface area contributed by atoms with Gasteiger partial charge in [0.05, 0.1) is 0 Å². The van der Waals surface area contributed by atoms with E-state index in [2.05, 4.69) is 48.5 Å². The molecule has 0 spiro atoms. The third-order valence-electron chi connectivity index (χ3n) is 6.70. The zero-order valence-corrected chi connectivity index (χ0v) is 14.6. The Morgan fingerprint density at radius 1 is 1.16 bits per heavy atom. The van der Waals surface area contributed by atoms with Crippen molar-refractivity contribution in [2.75, 3.05) is 0 Å². The minimum atomic E-state index is 0.667. The molecule has 1 rings (SSSR count). The lowest BCUT2D eigenvalue weighted by atomic mass is 9.53. The molecule has 0 nitrogen and oxygen atoms in total. The van der Waals surface area contributed by atoms with Crippen LogP contribution in [0.4, 0.5) is 0 Å². The molecule has 1 fully saturated rings. The Kier molecular flexibility index (Phi) is 6.40. The van der Waals surface area contributed by atoms with E-state index in [1.165, 1.54) is 38.5 Å². The maximum absolute atomic E-state index is 2.54. The Hall–Kier alpha value is 0. The predicted molar refractivity (Wildman–Crippen MR) is 87.3 cm³/mol. The van der Waals surface area contributed by atoms with Crippen LogP contribution in [0.15, 0.2) is 0 Å². The van der Waals surface area contributed by atoms with Gasteiger partial charge in [0.15, 0.2) is 0 Å². The molecule has 0 N–H and O–H groups in total. The highest BCUT2D eigenvalue weighted by Gasteiger charge is 2.45. The molecule has 0 aliphatic heterocycles. The van der Waals surface area contributed by atoms with Gasteiger partial charge in [0.2, 0.25) is 0 Å². The fourth-order valence-corrected chi connectivity index (χ4v) is 4.35. The number of hydrogen-bond donors (Lipinski definition) is 0. The van der Waals surface area contributed by atoms with Gasteiger partial charge in [0.25, 0.3) is 0 Å². The van der Waals surface area contributed by atoms with Gasteiger partial charge < -0.3 is 0 Å². The zero-order chi connectivity index (χ0) is 14.6. The summed E-state index contributed by atoms with van der Waals surface area (Å²) in [7, 11) is 0. The van der Waals surface area contributed by atoms with E-state index in [4.69, 9.17) is 0 Å². The summed E-state index contributed by atoms with van der Waals surface area (Å²) in [4.78, 5) is 0. The van der Waals surface area contributed by atoms with Gasteiger partial charge in [-0.1, -0.05) is 74.1 Å². The predicted octanol–water partition coefficient (Wildman–Crippen LogP) is 6.55. The molecule has 0 amide bonds. The highest BCUT2D eigenvalue weighted by molar-refractivity contribution is 4.95. The number of hydrogen-bond acceptors (Lipinski definition) is 0. The van der Waals surface area contributed by atoms with E-state index < -0.39 is 0 Å². The van der Waals surface area contributed by atoms with E-state index in [-0.39, 0.29) is 0 Å². The Labute approximate surface area is 122 Å². The third-order valence-corrected chi connectivity index (χ3v) is 6.70. The average molecular weight is 267 g/mol. The minimum Gasteiger partial charge on any atom is -0.0651 e. The van der Waals surface area contributed by atoms with Gasteiger partial charge in [-0.05, 0) is 47.8 Å². The smallest absolute Gasteiger partial charge is 0.0295 e. The standard InChI is InChI=1S/C19H38/c1-8-17(15(5)14(3)4)11-10-12-19(7)13-18(9-2)16(19)6/h14-18H,8-13H2,1-7H3. The first-order valence-corrected chi connectivity index (χ1v) is 8.85. The van der Waals surface area contributed by atoms with Crippen molar-refractivity contribution in [3.63, 3.8) is 0 Å². The van der Waals surface area contributed by atoms with Crippen molar-refractivity contribution < 1.29 is 0 Å². The lowest BCUT2D eigenvalue weighted by Crippen LogP contribution is -2.43. The lowest BCUT2D eigenvalue weighted by molar-refractivity contribution is -0.0270. The molecule has 0 heterocycles. The second-order valence-corrected chi connectivity index (χ2v) is 7.98. The summed E-state index contributed by atoms with van der Waals surface area (Å²) in [5, 5.41) is 0. The Balaban J connectivity index is 2.33. The molecule has 1 aliphatic rings. The van der Waals surface area contributed by atoms with Crippen molar-refractivity contribution in [1.29, 1.82) is 0 Å². The normalized spacial score (nSPS) is 34.1. The Morgan fingerprint density at radius 3 is 2.21 bits per heavy atom. The molecule has 1 saturated carbocycles. The molecule has 0 aromatic rings. The van der Waals surface area contributed by atoms with Gasteiger partial charge >= 0.3 is 0 Å². The summed E-state index contributed by atoms with van der Waals surface area (Å²) < 4.78 is 0. The molecule has 0 aromatic carbocycles. The van der Waals surface area contributed by atoms with Crippen LogP contribution in [-0.2, 0) is 0 Å². The van der Waals surface area contributed by atoms with Crippen LogP contribution in [0.3, 0.4) is 0 Å². The minimum absolute atomic E-state index is 0.667. The average Bonchev–Trinajstić information content (AvgIpc) is 2.39. The van der Waals surface area contributed by atoms with Crippen molar-refractivity contribution in [2.45, 2.75) is 87.0 Å². The largest absolute Gasteiger partial charge is 0.0651 e. The van der Waals surface area contributed by atoms with Gasteiger partial charge in [-0.25, -0.2) is 0 Å². The molecule has 5 atom stereocenters. The maximum atomic E-state index is 2.54. The quantitative estimate of drug-likeness (QED) is 0.467. The van der Waals surface area contributed by atoms with Gasteiger partial charge in [-0.3, -0.25) is 0 Å². The first-order valence-electron chi connectivity index (χ1n) is 8.85. The van der Waals surface area contributed by atoms with E-state index in [1.54, 1.807) is 0 Å². The molecule has 1 aliphatic carbocycles. The summed E-state index contributed by atoms with van der Waals surface area (Å²) in [6.07, 6.45) is 8.61. The third kappa shape index (κ3) is 3.99. The molecule has 0 heteroatoms. The highest BCUT2D eigenvalue weighted by atomic mass is 14.5. The first kappa shape index (κ1) is 17.1. The lowest BCUT2D eigenvalue weighted by Gasteiger charge is -2.52. The van der Waals surface area contributed by atoms with Crippen LogP contribution in [0.1, 0.15) is 87.0 Å². The van der Waals surface area contributed by atoms with Gasteiger partial charge in [-0.2, -0.15) is 0 Å². The van der Waals surface area contributed by atoms with E-state index in [1.807, 2.05) is 0 Å². The van der Waals surface area contributed by atoms with Gasteiger partial charge in [0, 0.05) is 0 Å². The van der Waals surface area contributed by atoms with E-state index >= 15 is 0 Å². The molecule has 5 unspecified atom stereocenters. The summed E-state index contributed by atoms with van der Waals surface area (Å²) in [5.41, 5.74) is 0.667. The second kappa shape index (κ2) is 7.14. The molecule has 0 radical (unpaired) electrons. The molecular formula is C19H38. The molecule has 0 bridgehead atoms. The second-order valence-electron chi connectivity index (χ2n) is 7.98. The molecule has 114 valence electrons. The van der Waals surface area contributed by atoms with E-state index in [0.717, 1.165) is 29.6 Å². The van der Waals surface area contributed by atoms with Crippen molar-refractivity contribution in [2.24, 2.45) is 35.0 Å². The SMILES string of the molecule is CCC(CCCC1(C)CC(CC)C1C)C(C)C(C)C. The zero-order valence-electron chi connectivity index (χ0n) is 14.6. The van der Waals surface area contributed by atoms with E-state index in [0.29, 0.717) is 5.41 Å². The molecule has 0 aromatic heterocycles. The maximum Gasteiger partial charge on any atom is -0.0295 e. The van der Waals surface area contributed by atoms with Crippen LogP contribution < -0.4 is 0 Å². The summed E-state index contributed by atoms with van der Waals surface area (Å²) >= 11 is 0. The van der Waals surface area contributed by atoms with Crippen LogP contribution in [0.2, 0.25) is 0 Å². The number of rotatable bonds is 8. The van der Waals surface area contributed by atoms with Crippen LogP contribution in [0.25, 0.3) is 0 Å². The summed E-state index contributed by atoms with van der Waals surface area (Å²) in [6, 6.07) is 0. The summed E-state index contributed by atoms with van der Waals surface area (Å²) in [6.45, 7) is 17.0. The van der Waals surface area contributed by atoms with Crippen molar-refractivity contribution >= 4 is 0 Å². The van der Waals surface area contributed by atoms with Crippen molar-refractivity contribution in [3.05, 3.63) is 0 Å². The van der Waals surface area contributed by atoms with Gasteiger partial charge in [0.1, 0.15) is 0 Å². The summed E-state index contributed by atoms with van der Waals surface area (Å²) in [5.74, 6) is 4.65. The Bertz CT molecular complexity index is 255. The fourth-order valence-electron chi connectivity index (χ4n) is 4.35. The molecular weight excluding hydrogens is 228 g/mol. The Morgan fingerprint density at radius 2 is 1.79 bits per heavy atom. The highest BCUT2D eigenvalue weighted by Crippen LogP contribution is 2.55. The monoisotopic (exact) mass is 266 g/mol. The van der Waals surface area contributed by atoms with Crippen molar-refractivity contribution in [1.82, 2.24) is 0 Å². The topological polar surface area (TPSA) is 0 Å². The fraction of sp³-hybridized carbons (Fsp3) is 1.00. The van der Waals surface area contributed by atoms with E-state index in [9.17, 15) is 0 Å².